The van der Waals surface area contributed by atoms with E-state index in [1.165, 1.54) is 35.7 Å². The van der Waals surface area contributed by atoms with Gasteiger partial charge in [0.15, 0.2) is 0 Å². The van der Waals surface area contributed by atoms with E-state index < -0.39 is 23.8 Å². The van der Waals surface area contributed by atoms with Crippen LogP contribution >= 0.6 is 19.2 Å². The number of para-hydroxylation sites is 1. The fourth-order valence-corrected chi connectivity index (χ4v) is 7.31. The van der Waals surface area contributed by atoms with E-state index in [4.69, 9.17) is 16.3 Å². The van der Waals surface area contributed by atoms with E-state index >= 15 is 0 Å². The summed E-state index contributed by atoms with van der Waals surface area (Å²) in [6, 6.07) is 26.3. The second kappa shape index (κ2) is 13.9. The number of aryl methyl sites for hydroxylation is 1. The zero-order valence-corrected chi connectivity index (χ0v) is 25.3. The predicted octanol–water partition coefficient (Wildman–Crippen LogP) is 8.46. The van der Waals surface area contributed by atoms with Gasteiger partial charge in [-0.3, -0.25) is 4.57 Å². The maximum Gasteiger partial charge on any atom is 0.399 e. The number of rotatable bonds is 13. The third kappa shape index (κ3) is 7.26. The van der Waals surface area contributed by atoms with E-state index in [0.29, 0.717) is 5.56 Å². The van der Waals surface area contributed by atoms with E-state index in [-0.39, 0.29) is 34.3 Å². The minimum Gasteiger partial charge on any atom is -0.495 e. The van der Waals surface area contributed by atoms with Gasteiger partial charge in [0.1, 0.15) is 10.6 Å². The highest BCUT2D eigenvalue weighted by molar-refractivity contribution is 7.89. The van der Waals surface area contributed by atoms with Gasteiger partial charge in [-0.2, -0.15) is 4.31 Å². The zero-order chi connectivity index (χ0) is 30.3. The Labute approximate surface area is 249 Å². The molecule has 0 bridgehead atoms. The Morgan fingerprint density at radius 1 is 0.833 bits per heavy atom. The minimum atomic E-state index is -4.67. The van der Waals surface area contributed by atoms with Crippen LogP contribution in [-0.4, -0.2) is 19.8 Å². The normalized spacial score (nSPS) is 12.0. The summed E-state index contributed by atoms with van der Waals surface area (Å²) < 4.78 is 78.5. The Bertz CT molecular complexity index is 1700. The van der Waals surface area contributed by atoms with Crippen molar-refractivity contribution in [2.75, 3.05) is 7.11 Å². The van der Waals surface area contributed by atoms with E-state index in [2.05, 4.69) is 22.4 Å². The maximum absolute atomic E-state index is 14.1. The van der Waals surface area contributed by atoms with Crippen LogP contribution in [-0.2, 0) is 49.7 Å². The van der Waals surface area contributed by atoms with Gasteiger partial charge >= 0.3 is 7.60 Å². The van der Waals surface area contributed by atoms with Crippen LogP contribution in [0.15, 0.2) is 95.9 Å². The first-order valence-electron chi connectivity index (χ1n) is 12.9. The summed E-state index contributed by atoms with van der Waals surface area (Å²) >= 11 is 6.34. The number of sulfonamides is 1. The highest BCUT2D eigenvalue weighted by atomic mass is 35.5. The van der Waals surface area contributed by atoms with Crippen molar-refractivity contribution in [2.45, 2.75) is 37.5 Å². The average Bonchev–Trinajstić information content (AvgIpc) is 3.02. The molecule has 4 aromatic rings. The van der Waals surface area contributed by atoms with Gasteiger partial charge in [-0.25, -0.2) is 8.42 Å². The lowest BCUT2D eigenvalue weighted by Crippen LogP contribution is -2.31. The van der Waals surface area contributed by atoms with Crippen molar-refractivity contribution < 1.29 is 36.2 Å². The first kappa shape index (κ1) is 31.8. The van der Waals surface area contributed by atoms with Crippen LogP contribution in [0.3, 0.4) is 0 Å². The maximum atomic E-state index is 14.1. The van der Waals surface area contributed by atoms with Crippen LogP contribution in [0.2, 0.25) is 5.02 Å². The lowest BCUT2D eigenvalue weighted by atomic mass is 9.97. The molecule has 222 valence electrons. The third-order valence-electron chi connectivity index (χ3n) is 6.75. The summed E-state index contributed by atoms with van der Waals surface area (Å²) in [6.07, 6.45) is 0.0952. The second-order valence-electron chi connectivity index (χ2n) is 9.47. The number of ether oxygens (including phenoxy) is 1. The summed E-state index contributed by atoms with van der Waals surface area (Å²) in [6.45, 7) is 1.96. The molecule has 0 aromatic heterocycles. The number of halogens is 3. The van der Waals surface area contributed by atoms with Crippen molar-refractivity contribution >= 4 is 29.2 Å². The van der Waals surface area contributed by atoms with Crippen LogP contribution in [0.4, 0.5) is 9.05 Å². The van der Waals surface area contributed by atoms with Crippen molar-refractivity contribution in [3.05, 3.63) is 118 Å². The molecule has 0 spiro atoms. The third-order valence-corrected chi connectivity index (χ3v) is 10.1. The van der Waals surface area contributed by atoms with Gasteiger partial charge in [-0.15, -0.1) is 9.46 Å². The van der Waals surface area contributed by atoms with Gasteiger partial charge in [0.25, 0.3) is 0 Å². The van der Waals surface area contributed by atoms with Crippen LogP contribution in [0.25, 0.3) is 11.1 Å². The van der Waals surface area contributed by atoms with Crippen LogP contribution in [0, 0.1) is 0 Å². The number of nitrogens with zero attached hydrogens (tertiary/aromatic N) is 1. The first-order valence-corrected chi connectivity index (χ1v) is 16.5. The molecule has 0 amide bonds. The smallest absolute Gasteiger partial charge is 0.399 e. The molecule has 4 rings (SSSR count). The standard InChI is InChI=1S/C30H29ClF2NO6PS/c1-3-22-9-8-11-24(17-22)27-12-5-4-10-25(27)20-34(42(36,37)30-14-7-6-13-29(30)38-2)19-23-15-16-26(28(31)18-23)21-41(35,39-32)40-33/h4-18H,3,19-21H2,1-2H3. The van der Waals surface area contributed by atoms with Crippen LogP contribution in [0.5, 0.6) is 5.75 Å². The zero-order valence-electron chi connectivity index (χ0n) is 22.9. The van der Waals surface area contributed by atoms with Gasteiger partial charge in [-0.1, -0.05) is 91.3 Å². The molecule has 0 atom stereocenters. The number of hydrogen-bond acceptors (Lipinski definition) is 6. The molecule has 0 heterocycles. The van der Waals surface area contributed by atoms with Crippen molar-refractivity contribution in [2.24, 2.45) is 0 Å². The molecule has 0 saturated carbocycles. The molecule has 0 radical (unpaired) electrons. The SMILES string of the molecule is CCc1cccc(-c2ccccc2CN(Cc2ccc(CP(=O)(OF)OF)c(Cl)c2)S(=O)(=O)c2ccccc2OC)c1. The molecular weight excluding hydrogens is 607 g/mol. The Morgan fingerprint density at radius 3 is 2.24 bits per heavy atom. The Morgan fingerprint density at radius 2 is 1.55 bits per heavy atom. The van der Waals surface area contributed by atoms with Crippen LogP contribution in [0.1, 0.15) is 29.2 Å². The monoisotopic (exact) mass is 635 g/mol. The van der Waals surface area contributed by atoms with Crippen molar-refractivity contribution in [1.29, 1.82) is 0 Å². The van der Waals surface area contributed by atoms with Gasteiger partial charge in [-0.05, 0) is 67.1 Å². The molecule has 4 aromatic carbocycles. The molecule has 0 aliphatic heterocycles. The predicted molar refractivity (Wildman–Crippen MR) is 158 cm³/mol. The number of methoxy groups -OCH3 is 1. The Kier molecular flexibility index (Phi) is 10.5. The molecule has 42 heavy (non-hydrogen) atoms. The quantitative estimate of drug-likeness (QED) is 0.137. The fraction of sp³-hybridized carbons (Fsp3) is 0.200. The minimum absolute atomic E-state index is 0.00681. The molecular formula is C30H29ClF2NO6PS. The van der Waals surface area contributed by atoms with Crippen molar-refractivity contribution in [3.63, 3.8) is 0 Å². The molecule has 12 heteroatoms. The van der Waals surface area contributed by atoms with Crippen molar-refractivity contribution in [1.82, 2.24) is 4.31 Å². The van der Waals surface area contributed by atoms with Crippen molar-refractivity contribution in [3.8, 4) is 16.9 Å². The summed E-state index contributed by atoms with van der Waals surface area (Å²) in [5, 5.41) is 0.00763. The van der Waals surface area contributed by atoms with E-state index in [1.807, 2.05) is 42.5 Å². The molecule has 0 aliphatic carbocycles. The van der Waals surface area contributed by atoms with E-state index in [9.17, 15) is 22.0 Å². The Balaban J connectivity index is 1.77. The summed E-state index contributed by atoms with van der Waals surface area (Å²) in [7, 11) is -7.41. The highest BCUT2D eigenvalue weighted by Crippen LogP contribution is 2.53. The molecule has 0 aliphatic rings. The van der Waals surface area contributed by atoms with Crippen LogP contribution < -0.4 is 4.74 Å². The number of benzene rings is 4. The summed E-state index contributed by atoms with van der Waals surface area (Å²) in [5.41, 5.74) is 4.34. The second-order valence-corrected chi connectivity index (χ2v) is 13.6. The summed E-state index contributed by atoms with van der Waals surface area (Å²) in [4.78, 5) is -0.0122. The fourth-order valence-electron chi connectivity index (χ4n) is 4.57. The molecule has 7 nitrogen and oxygen atoms in total. The molecule has 0 N–H and O–H groups in total. The van der Waals surface area contributed by atoms with Gasteiger partial charge in [0, 0.05) is 18.1 Å². The van der Waals surface area contributed by atoms with Gasteiger partial charge < -0.3 is 4.74 Å². The topological polar surface area (TPSA) is 82.1 Å². The lowest BCUT2D eigenvalue weighted by molar-refractivity contribution is -0.0881. The molecule has 0 saturated heterocycles. The van der Waals surface area contributed by atoms with Gasteiger partial charge in [0.05, 0.1) is 13.3 Å². The molecule has 0 fully saturated rings. The van der Waals surface area contributed by atoms with Gasteiger partial charge in [0.2, 0.25) is 10.0 Å². The highest BCUT2D eigenvalue weighted by Gasteiger charge is 2.31. The van der Waals surface area contributed by atoms with E-state index in [1.54, 1.807) is 18.2 Å². The lowest BCUT2D eigenvalue weighted by Gasteiger charge is -2.25. The molecule has 0 unspecified atom stereocenters. The van der Waals surface area contributed by atoms with E-state index in [0.717, 1.165) is 28.7 Å². The average molecular weight is 636 g/mol. The summed E-state index contributed by atoms with van der Waals surface area (Å²) in [5.74, 6) is 0.188. The first-order chi connectivity index (χ1) is 20.1. The Hall–Kier alpha value is -3.11. The largest absolute Gasteiger partial charge is 0.495 e. The number of hydrogen-bond donors (Lipinski definition) is 0.